The minimum atomic E-state index is -2.79. The molecule has 1 aliphatic carbocycles. The van der Waals surface area contributed by atoms with E-state index in [4.69, 9.17) is 0 Å². The highest BCUT2D eigenvalue weighted by atomic mass is 19.3. The molecular weight excluding hydrogens is 276 g/mol. The molecule has 0 aromatic heterocycles. The molecule has 0 amide bonds. The van der Waals surface area contributed by atoms with Crippen molar-refractivity contribution in [3.05, 3.63) is 29.8 Å². The van der Waals surface area contributed by atoms with Crippen LogP contribution in [0.15, 0.2) is 24.3 Å². The van der Waals surface area contributed by atoms with E-state index >= 15 is 0 Å². The standard InChI is InChI=1S/C16H23F2NO2/c1-12(19-10-16(11-20)8-2-3-9-16)13-4-6-14(7-5-13)21-15(17)18/h4-7,12,15,19-20H,2-3,8-11H2,1H3. The van der Waals surface area contributed by atoms with Crippen LogP contribution in [0.5, 0.6) is 5.75 Å². The zero-order valence-corrected chi connectivity index (χ0v) is 12.3. The number of rotatable bonds is 7. The third-order valence-electron chi connectivity index (χ3n) is 4.39. The van der Waals surface area contributed by atoms with Crippen LogP contribution in [-0.2, 0) is 0 Å². The van der Waals surface area contributed by atoms with E-state index in [1.165, 1.54) is 12.8 Å². The highest BCUT2D eigenvalue weighted by Gasteiger charge is 2.33. The lowest BCUT2D eigenvalue weighted by molar-refractivity contribution is -0.0498. The second-order valence-corrected chi connectivity index (χ2v) is 5.92. The summed E-state index contributed by atoms with van der Waals surface area (Å²) < 4.78 is 28.5. The fourth-order valence-corrected chi connectivity index (χ4v) is 2.94. The number of aliphatic hydroxyl groups excluding tert-OH is 1. The molecule has 1 saturated carbocycles. The van der Waals surface area contributed by atoms with E-state index in [-0.39, 0.29) is 23.8 Å². The average molecular weight is 299 g/mol. The summed E-state index contributed by atoms with van der Waals surface area (Å²) in [7, 11) is 0. The van der Waals surface area contributed by atoms with Gasteiger partial charge in [0.1, 0.15) is 5.75 Å². The van der Waals surface area contributed by atoms with Crippen LogP contribution in [0.1, 0.15) is 44.2 Å². The van der Waals surface area contributed by atoms with Crippen LogP contribution in [0.4, 0.5) is 8.78 Å². The SMILES string of the molecule is CC(NCC1(CO)CCCC1)c1ccc(OC(F)F)cc1. The fraction of sp³-hybridized carbons (Fsp3) is 0.625. The Labute approximate surface area is 124 Å². The molecule has 1 fully saturated rings. The van der Waals surface area contributed by atoms with Crippen LogP contribution in [0.2, 0.25) is 0 Å². The lowest BCUT2D eigenvalue weighted by atomic mass is 9.87. The molecule has 0 bridgehead atoms. The lowest BCUT2D eigenvalue weighted by Gasteiger charge is -2.29. The van der Waals surface area contributed by atoms with Crippen LogP contribution in [-0.4, -0.2) is 24.9 Å². The van der Waals surface area contributed by atoms with Crippen molar-refractivity contribution < 1.29 is 18.6 Å². The summed E-state index contributed by atoms with van der Waals surface area (Å²) in [5.74, 6) is 0.170. The number of alkyl halides is 2. The Morgan fingerprint density at radius 2 is 1.86 bits per heavy atom. The van der Waals surface area contributed by atoms with E-state index in [1.54, 1.807) is 24.3 Å². The third-order valence-corrected chi connectivity index (χ3v) is 4.39. The highest BCUT2D eigenvalue weighted by molar-refractivity contribution is 5.29. The first kappa shape index (κ1) is 16.2. The molecule has 2 N–H and O–H groups in total. The van der Waals surface area contributed by atoms with Crippen LogP contribution < -0.4 is 10.1 Å². The molecule has 0 spiro atoms. The molecular formula is C16H23F2NO2. The van der Waals surface area contributed by atoms with Gasteiger partial charge in [-0.05, 0) is 37.5 Å². The van der Waals surface area contributed by atoms with Gasteiger partial charge in [-0.3, -0.25) is 0 Å². The van der Waals surface area contributed by atoms with Gasteiger partial charge in [-0.25, -0.2) is 0 Å². The van der Waals surface area contributed by atoms with Crippen molar-refractivity contribution in [3.8, 4) is 5.75 Å². The third kappa shape index (κ3) is 4.38. The summed E-state index contributed by atoms with van der Waals surface area (Å²) in [4.78, 5) is 0. The van der Waals surface area contributed by atoms with Gasteiger partial charge in [0.15, 0.2) is 0 Å². The maximum atomic E-state index is 12.1. The smallest absolute Gasteiger partial charge is 0.387 e. The normalized spacial score (nSPS) is 18.9. The quantitative estimate of drug-likeness (QED) is 0.810. The van der Waals surface area contributed by atoms with Crippen molar-refractivity contribution in [3.63, 3.8) is 0 Å². The first-order chi connectivity index (χ1) is 10.0. The van der Waals surface area contributed by atoms with Crippen molar-refractivity contribution >= 4 is 0 Å². The van der Waals surface area contributed by atoms with Crippen molar-refractivity contribution in [1.82, 2.24) is 5.32 Å². The molecule has 1 aliphatic rings. The van der Waals surface area contributed by atoms with Gasteiger partial charge in [0.05, 0.1) is 0 Å². The first-order valence-corrected chi connectivity index (χ1v) is 7.44. The molecule has 118 valence electrons. The largest absolute Gasteiger partial charge is 0.435 e. The van der Waals surface area contributed by atoms with E-state index in [1.807, 2.05) is 6.92 Å². The van der Waals surface area contributed by atoms with Crippen LogP contribution in [0, 0.1) is 5.41 Å². The number of aliphatic hydroxyl groups is 1. The van der Waals surface area contributed by atoms with Crippen LogP contribution in [0.3, 0.4) is 0 Å². The van der Waals surface area contributed by atoms with Gasteiger partial charge in [-0.2, -0.15) is 8.78 Å². The van der Waals surface area contributed by atoms with E-state index in [0.717, 1.165) is 24.9 Å². The predicted octanol–water partition coefficient (Wildman–Crippen LogP) is 3.49. The van der Waals surface area contributed by atoms with Crippen molar-refractivity contribution in [1.29, 1.82) is 0 Å². The number of halogens is 2. The van der Waals surface area contributed by atoms with Gasteiger partial charge in [0.25, 0.3) is 0 Å². The van der Waals surface area contributed by atoms with E-state index < -0.39 is 6.61 Å². The van der Waals surface area contributed by atoms with Gasteiger partial charge in [0, 0.05) is 24.6 Å². The van der Waals surface area contributed by atoms with Gasteiger partial charge in [0.2, 0.25) is 0 Å². The molecule has 21 heavy (non-hydrogen) atoms. The number of benzene rings is 1. The Balaban J connectivity index is 1.89. The lowest BCUT2D eigenvalue weighted by Crippen LogP contribution is -2.36. The van der Waals surface area contributed by atoms with Gasteiger partial charge in [-0.1, -0.05) is 25.0 Å². The molecule has 3 nitrogen and oxygen atoms in total. The Kier molecular flexibility index (Phi) is 5.53. The highest BCUT2D eigenvalue weighted by Crippen LogP contribution is 2.37. The van der Waals surface area contributed by atoms with Gasteiger partial charge < -0.3 is 15.2 Å². The number of hydrogen-bond acceptors (Lipinski definition) is 3. The molecule has 0 radical (unpaired) electrons. The molecule has 1 atom stereocenters. The van der Waals surface area contributed by atoms with Crippen LogP contribution >= 0.6 is 0 Å². The Hall–Kier alpha value is -1.20. The number of nitrogens with one attached hydrogen (secondary N) is 1. The minimum Gasteiger partial charge on any atom is -0.435 e. The minimum absolute atomic E-state index is 0.00693. The Morgan fingerprint density at radius 3 is 2.38 bits per heavy atom. The molecule has 1 aromatic carbocycles. The molecule has 1 aromatic rings. The van der Waals surface area contributed by atoms with E-state index in [9.17, 15) is 13.9 Å². The molecule has 0 saturated heterocycles. The van der Waals surface area contributed by atoms with E-state index in [0.29, 0.717) is 0 Å². The summed E-state index contributed by atoms with van der Waals surface area (Å²) in [5, 5.41) is 13.0. The van der Waals surface area contributed by atoms with Crippen molar-refractivity contribution in [2.75, 3.05) is 13.2 Å². The summed E-state index contributed by atoms with van der Waals surface area (Å²) in [5.41, 5.74) is 1.02. The molecule has 1 unspecified atom stereocenters. The summed E-state index contributed by atoms with van der Waals surface area (Å²) in [6.45, 7) is 0.231. The maximum absolute atomic E-state index is 12.1. The number of hydrogen-bond donors (Lipinski definition) is 2. The predicted molar refractivity (Wildman–Crippen MR) is 77.5 cm³/mol. The molecule has 2 rings (SSSR count). The molecule has 5 heteroatoms. The molecule has 0 heterocycles. The van der Waals surface area contributed by atoms with Crippen LogP contribution in [0.25, 0.3) is 0 Å². The summed E-state index contributed by atoms with van der Waals surface area (Å²) >= 11 is 0. The van der Waals surface area contributed by atoms with Crippen molar-refractivity contribution in [2.45, 2.75) is 45.3 Å². The topological polar surface area (TPSA) is 41.5 Å². The Morgan fingerprint density at radius 1 is 1.24 bits per heavy atom. The summed E-state index contributed by atoms with van der Waals surface area (Å²) in [6, 6.07) is 6.79. The fourth-order valence-electron chi connectivity index (χ4n) is 2.94. The van der Waals surface area contributed by atoms with E-state index in [2.05, 4.69) is 10.1 Å². The monoisotopic (exact) mass is 299 g/mol. The zero-order chi connectivity index (χ0) is 15.3. The molecule has 0 aliphatic heterocycles. The second-order valence-electron chi connectivity index (χ2n) is 5.92. The average Bonchev–Trinajstić information content (AvgIpc) is 2.94. The Bertz CT molecular complexity index is 430. The first-order valence-electron chi connectivity index (χ1n) is 7.44. The maximum Gasteiger partial charge on any atom is 0.387 e. The zero-order valence-electron chi connectivity index (χ0n) is 12.3. The second kappa shape index (κ2) is 7.18. The summed E-state index contributed by atoms with van der Waals surface area (Å²) in [6.07, 6.45) is 4.47. The van der Waals surface area contributed by atoms with Gasteiger partial charge in [-0.15, -0.1) is 0 Å². The van der Waals surface area contributed by atoms with Gasteiger partial charge >= 0.3 is 6.61 Å². The number of ether oxygens (including phenoxy) is 1. The van der Waals surface area contributed by atoms with Crippen molar-refractivity contribution in [2.24, 2.45) is 5.41 Å².